The van der Waals surface area contributed by atoms with Crippen LogP contribution in [0.1, 0.15) is 35.9 Å². The number of nitrogen functional groups attached to an aromatic ring is 1. The summed E-state index contributed by atoms with van der Waals surface area (Å²) in [5.41, 5.74) is 8.06. The van der Waals surface area contributed by atoms with Gasteiger partial charge < -0.3 is 15.2 Å². The standard InChI is InChI=1S/C15H20N4O/c1-4-19-10-13(16)9-14(19)15(20)18(3)11(2)12-5-7-17-8-6-12/h5-11H,4,16H2,1-3H3. The third-order valence-corrected chi connectivity index (χ3v) is 3.57. The van der Waals surface area contributed by atoms with Crippen LogP contribution in [0.4, 0.5) is 5.69 Å². The van der Waals surface area contributed by atoms with Crippen LogP contribution in [-0.4, -0.2) is 27.4 Å². The first-order valence-corrected chi connectivity index (χ1v) is 6.67. The summed E-state index contributed by atoms with van der Waals surface area (Å²) in [6.07, 6.45) is 5.26. The van der Waals surface area contributed by atoms with Crippen molar-refractivity contribution in [3.05, 3.63) is 48.0 Å². The Morgan fingerprint density at radius 2 is 2.10 bits per heavy atom. The van der Waals surface area contributed by atoms with E-state index in [0.717, 1.165) is 12.1 Å². The number of rotatable bonds is 4. The molecular weight excluding hydrogens is 252 g/mol. The van der Waals surface area contributed by atoms with Crippen molar-refractivity contribution in [3.63, 3.8) is 0 Å². The third-order valence-electron chi connectivity index (χ3n) is 3.57. The Morgan fingerprint density at radius 3 is 2.70 bits per heavy atom. The largest absolute Gasteiger partial charge is 0.397 e. The first-order valence-electron chi connectivity index (χ1n) is 6.67. The van der Waals surface area contributed by atoms with Crippen molar-refractivity contribution in [2.75, 3.05) is 12.8 Å². The Labute approximate surface area is 119 Å². The van der Waals surface area contributed by atoms with Crippen molar-refractivity contribution in [2.45, 2.75) is 26.4 Å². The maximum atomic E-state index is 12.6. The second-order valence-corrected chi connectivity index (χ2v) is 4.82. The molecule has 2 rings (SSSR count). The van der Waals surface area contributed by atoms with E-state index >= 15 is 0 Å². The van der Waals surface area contributed by atoms with Crippen molar-refractivity contribution in [1.82, 2.24) is 14.5 Å². The molecule has 1 atom stereocenters. The number of carbonyl (C=O) groups is 1. The normalized spacial score (nSPS) is 12.2. The maximum absolute atomic E-state index is 12.6. The summed E-state index contributed by atoms with van der Waals surface area (Å²) in [5, 5.41) is 0. The molecule has 1 amide bonds. The number of nitrogens with zero attached hydrogens (tertiary/aromatic N) is 3. The van der Waals surface area contributed by atoms with Gasteiger partial charge in [0.2, 0.25) is 0 Å². The van der Waals surface area contributed by atoms with Crippen LogP contribution in [-0.2, 0) is 6.54 Å². The summed E-state index contributed by atoms with van der Waals surface area (Å²) in [4.78, 5) is 18.3. The van der Waals surface area contributed by atoms with Crippen molar-refractivity contribution in [2.24, 2.45) is 0 Å². The molecular formula is C15H20N4O. The number of hydrogen-bond acceptors (Lipinski definition) is 3. The van der Waals surface area contributed by atoms with Crippen LogP contribution >= 0.6 is 0 Å². The highest BCUT2D eigenvalue weighted by molar-refractivity contribution is 5.94. The Morgan fingerprint density at radius 1 is 1.45 bits per heavy atom. The number of hydrogen-bond donors (Lipinski definition) is 1. The van der Waals surface area contributed by atoms with E-state index in [4.69, 9.17) is 5.73 Å². The predicted molar refractivity (Wildman–Crippen MR) is 79.3 cm³/mol. The van der Waals surface area contributed by atoms with Gasteiger partial charge in [0.1, 0.15) is 5.69 Å². The lowest BCUT2D eigenvalue weighted by Gasteiger charge is -2.25. The highest BCUT2D eigenvalue weighted by Crippen LogP contribution is 2.21. The van der Waals surface area contributed by atoms with Gasteiger partial charge in [-0.1, -0.05) is 0 Å². The highest BCUT2D eigenvalue weighted by atomic mass is 16.2. The molecule has 0 radical (unpaired) electrons. The zero-order chi connectivity index (χ0) is 14.7. The Kier molecular flexibility index (Phi) is 4.08. The van der Waals surface area contributed by atoms with Crippen LogP contribution in [0.5, 0.6) is 0 Å². The zero-order valence-corrected chi connectivity index (χ0v) is 12.1. The minimum Gasteiger partial charge on any atom is -0.397 e. The van der Waals surface area contributed by atoms with E-state index in [1.165, 1.54) is 0 Å². The van der Waals surface area contributed by atoms with Gasteiger partial charge in [-0.3, -0.25) is 9.78 Å². The topological polar surface area (TPSA) is 64.2 Å². The summed E-state index contributed by atoms with van der Waals surface area (Å²) in [5.74, 6) is -0.0344. The van der Waals surface area contributed by atoms with E-state index in [1.807, 2.05) is 30.5 Å². The second-order valence-electron chi connectivity index (χ2n) is 4.82. The molecule has 0 saturated carbocycles. The van der Waals surface area contributed by atoms with Crippen LogP contribution in [0.2, 0.25) is 0 Å². The first kappa shape index (κ1) is 14.1. The molecule has 106 valence electrons. The average molecular weight is 272 g/mol. The molecule has 5 nitrogen and oxygen atoms in total. The van der Waals surface area contributed by atoms with Crippen molar-refractivity contribution in [1.29, 1.82) is 0 Å². The van der Waals surface area contributed by atoms with Crippen LogP contribution in [0.3, 0.4) is 0 Å². The maximum Gasteiger partial charge on any atom is 0.270 e. The SMILES string of the molecule is CCn1cc(N)cc1C(=O)N(C)C(C)c1ccncc1. The lowest BCUT2D eigenvalue weighted by Crippen LogP contribution is -2.31. The molecule has 0 aliphatic rings. The molecule has 0 saturated heterocycles. The van der Waals surface area contributed by atoms with Gasteiger partial charge >= 0.3 is 0 Å². The summed E-state index contributed by atoms with van der Waals surface area (Å²) in [6, 6.07) is 5.54. The van der Waals surface area contributed by atoms with Gasteiger partial charge in [0.05, 0.1) is 11.7 Å². The van der Waals surface area contributed by atoms with E-state index in [0.29, 0.717) is 11.4 Å². The molecule has 0 fully saturated rings. The molecule has 20 heavy (non-hydrogen) atoms. The summed E-state index contributed by atoms with van der Waals surface area (Å²) in [6.45, 7) is 4.70. The molecule has 0 spiro atoms. The molecule has 0 bridgehead atoms. The fourth-order valence-electron chi connectivity index (χ4n) is 2.20. The van der Waals surface area contributed by atoms with Gasteiger partial charge in [0.25, 0.3) is 5.91 Å². The fraction of sp³-hybridized carbons (Fsp3) is 0.333. The van der Waals surface area contributed by atoms with Gasteiger partial charge in [-0.25, -0.2) is 0 Å². The van der Waals surface area contributed by atoms with E-state index in [2.05, 4.69) is 4.98 Å². The molecule has 2 heterocycles. The quantitative estimate of drug-likeness (QED) is 0.929. The van der Waals surface area contributed by atoms with Crippen molar-refractivity contribution >= 4 is 11.6 Å². The minimum absolute atomic E-state index is 0.0214. The number of nitrogens with two attached hydrogens (primary N) is 1. The van der Waals surface area contributed by atoms with Crippen LogP contribution in [0, 0.1) is 0 Å². The molecule has 0 aliphatic carbocycles. The van der Waals surface area contributed by atoms with Crippen molar-refractivity contribution in [3.8, 4) is 0 Å². The molecule has 5 heteroatoms. The summed E-state index contributed by atoms with van der Waals surface area (Å²) in [7, 11) is 1.80. The zero-order valence-electron chi connectivity index (χ0n) is 12.1. The Bertz CT molecular complexity index is 591. The number of amides is 1. The molecule has 0 aliphatic heterocycles. The summed E-state index contributed by atoms with van der Waals surface area (Å²) >= 11 is 0. The molecule has 2 aromatic rings. The highest BCUT2D eigenvalue weighted by Gasteiger charge is 2.21. The lowest BCUT2D eigenvalue weighted by molar-refractivity contribution is 0.0732. The predicted octanol–water partition coefficient (Wildman–Crippen LogP) is 2.32. The molecule has 2 aromatic heterocycles. The van der Waals surface area contributed by atoms with Crippen molar-refractivity contribution < 1.29 is 4.79 Å². The third kappa shape index (κ3) is 2.66. The minimum atomic E-state index is -0.0344. The van der Waals surface area contributed by atoms with Crippen LogP contribution in [0.15, 0.2) is 36.8 Å². The Balaban J connectivity index is 2.24. The van der Waals surface area contributed by atoms with E-state index in [9.17, 15) is 4.79 Å². The molecule has 2 N–H and O–H groups in total. The van der Waals surface area contributed by atoms with E-state index < -0.39 is 0 Å². The van der Waals surface area contributed by atoms with E-state index in [1.54, 1.807) is 36.6 Å². The van der Waals surface area contributed by atoms with Gasteiger partial charge in [-0.15, -0.1) is 0 Å². The molecule has 1 unspecified atom stereocenters. The van der Waals surface area contributed by atoms with Gasteiger partial charge in [-0.05, 0) is 37.6 Å². The smallest absolute Gasteiger partial charge is 0.270 e. The Hall–Kier alpha value is -2.30. The second kappa shape index (κ2) is 5.77. The number of aryl methyl sites for hydroxylation is 1. The monoisotopic (exact) mass is 272 g/mol. The van der Waals surface area contributed by atoms with Gasteiger partial charge in [0, 0.05) is 32.2 Å². The fourth-order valence-corrected chi connectivity index (χ4v) is 2.20. The van der Waals surface area contributed by atoms with Gasteiger partial charge in [0.15, 0.2) is 0 Å². The number of pyridine rings is 1. The van der Waals surface area contributed by atoms with E-state index in [-0.39, 0.29) is 11.9 Å². The summed E-state index contributed by atoms with van der Waals surface area (Å²) < 4.78 is 1.87. The molecule has 0 aromatic carbocycles. The number of aromatic nitrogens is 2. The van der Waals surface area contributed by atoms with Crippen LogP contribution in [0.25, 0.3) is 0 Å². The van der Waals surface area contributed by atoms with Gasteiger partial charge in [-0.2, -0.15) is 0 Å². The number of anilines is 1. The first-order chi connectivity index (χ1) is 9.54. The van der Waals surface area contributed by atoms with Crippen LogP contribution < -0.4 is 5.73 Å². The average Bonchev–Trinajstić information content (AvgIpc) is 2.87. The number of carbonyl (C=O) groups excluding carboxylic acids is 1. The lowest BCUT2D eigenvalue weighted by atomic mass is 10.1.